The minimum Gasteiger partial charge on any atom is -0.495 e. The number of aryl methyl sites for hydroxylation is 1. The van der Waals surface area contributed by atoms with Crippen LogP contribution in [0, 0.1) is 0 Å². The van der Waals surface area contributed by atoms with Crippen molar-refractivity contribution < 1.29 is 14.6 Å². The maximum atomic E-state index is 11.5. The van der Waals surface area contributed by atoms with E-state index in [1.807, 2.05) is 17.7 Å². The van der Waals surface area contributed by atoms with Gasteiger partial charge >= 0.3 is 5.97 Å². The van der Waals surface area contributed by atoms with Crippen LogP contribution in [0.3, 0.4) is 0 Å². The smallest absolute Gasteiger partial charge is 0.336 e. The average molecular weight is 290 g/mol. The fourth-order valence-electron chi connectivity index (χ4n) is 2.64. The molecule has 3 aromatic rings. The Hall–Kier alpha value is -2.20. The van der Waals surface area contributed by atoms with Gasteiger partial charge in [-0.3, -0.25) is 0 Å². The summed E-state index contributed by atoms with van der Waals surface area (Å²) in [5.41, 5.74) is 1.91. The molecule has 0 aliphatic carbocycles. The Kier molecular flexibility index (Phi) is 2.83. The molecule has 1 aromatic heterocycles. The highest BCUT2D eigenvalue weighted by molar-refractivity contribution is 6.32. The van der Waals surface area contributed by atoms with Gasteiger partial charge in [-0.05, 0) is 30.3 Å². The van der Waals surface area contributed by atoms with Gasteiger partial charge in [0.2, 0.25) is 0 Å². The number of halogens is 1. The molecule has 0 radical (unpaired) electrons. The summed E-state index contributed by atoms with van der Waals surface area (Å²) in [6.07, 6.45) is 0. The SMILES string of the molecule is COc1ccc(C(=O)O)c2c3cc(Cl)ccc3n(C)c12. The number of aromatic nitrogens is 1. The quantitative estimate of drug-likeness (QED) is 0.783. The first kappa shape index (κ1) is 12.8. The van der Waals surface area contributed by atoms with E-state index in [1.54, 1.807) is 31.4 Å². The third-order valence-corrected chi connectivity index (χ3v) is 3.75. The zero-order valence-electron chi connectivity index (χ0n) is 11.0. The van der Waals surface area contributed by atoms with Gasteiger partial charge in [-0.25, -0.2) is 4.79 Å². The lowest BCUT2D eigenvalue weighted by atomic mass is 10.1. The molecule has 0 amide bonds. The van der Waals surface area contributed by atoms with Crippen LogP contribution >= 0.6 is 11.6 Å². The van der Waals surface area contributed by atoms with Crippen molar-refractivity contribution in [1.29, 1.82) is 0 Å². The van der Waals surface area contributed by atoms with E-state index >= 15 is 0 Å². The summed E-state index contributed by atoms with van der Waals surface area (Å²) in [6, 6.07) is 8.68. The predicted molar refractivity (Wildman–Crippen MR) is 78.9 cm³/mol. The second-order valence-corrected chi connectivity index (χ2v) is 5.00. The highest BCUT2D eigenvalue weighted by atomic mass is 35.5. The molecule has 102 valence electrons. The fraction of sp³-hybridized carbons (Fsp3) is 0.133. The number of hydrogen-bond donors (Lipinski definition) is 1. The van der Waals surface area contributed by atoms with Crippen molar-refractivity contribution in [3.8, 4) is 5.75 Å². The molecule has 1 heterocycles. The monoisotopic (exact) mass is 289 g/mol. The summed E-state index contributed by atoms with van der Waals surface area (Å²) < 4.78 is 7.28. The molecule has 0 aliphatic rings. The van der Waals surface area contributed by atoms with Gasteiger partial charge in [-0.1, -0.05) is 11.6 Å². The Balaban J connectivity index is 2.63. The number of fused-ring (bicyclic) bond motifs is 3. The number of carboxylic acid groups (broad SMARTS) is 1. The molecule has 0 spiro atoms. The summed E-state index contributed by atoms with van der Waals surface area (Å²) >= 11 is 6.05. The molecule has 0 bridgehead atoms. The van der Waals surface area contributed by atoms with Crippen molar-refractivity contribution >= 4 is 39.4 Å². The van der Waals surface area contributed by atoms with E-state index in [0.717, 1.165) is 16.4 Å². The van der Waals surface area contributed by atoms with Crippen LogP contribution in [-0.4, -0.2) is 22.8 Å². The van der Waals surface area contributed by atoms with Gasteiger partial charge in [-0.15, -0.1) is 0 Å². The summed E-state index contributed by atoms with van der Waals surface area (Å²) in [6.45, 7) is 0. The largest absolute Gasteiger partial charge is 0.495 e. The third kappa shape index (κ3) is 1.65. The van der Waals surface area contributed by atoms with Gasteiger partial charge in [0.05, 0.1) is 18.2 Å². The van der Waals surface area contributed by atoms with Crippen LogP contribution in [-0.2, 0) is 7.05 Å². The number of aromatic carboxylic acids is 1. The van der Waals surface area contributed by atoms with E-state index in [-0.39, 0.29) is 5.56 Å². The minimum absolute atomic E-state index is 0.244. The van der Waals surface area contributed by atoms with Crippen LogP contribution < -0.4 is 4.74 Å². The molecule has 5 heteroatoms. The fourth-order valence-corrected chi connectivity index (χ4v) is 2.81. The van der Waals surface area contributed by atoms with E-state index in [1.165, 1.54) is 0 Å². The summed E-state index contributed by atoms with van der Waals surface area (Å²) in [7, 11) is 3.45. The van der Waals surface area contributed by atoms with Crippen molar-refractivity contribution in [3.63, 3.8) is 0 Å². The second kappa shape index (κ2) is 4.42. The first-order chi connectivity index (χ1) is 9.54. The maximum Gasteiger partial charge on any atom is 0.336 e. The Morgan fingerprint density at radius 1 is 1.30 bits per heavy atom. The van der Waals surface area contributed by atoms with Gasteiger partial charge in [0, 0.05) is 28.4 Å². The molecule has 0 fully saturated rings. The van der Waals surface area contributed by atoms with Crippen LogP contribution in [0.1, 0.15) is 10.4 Å². The summed E-state index contributed by atoms with van der Waals surface area (Å²) in [5, 5.41) is 11.4. The molecule has 3 rings (SSSR count). The number of carboxylic acids is 1. The second-order valence-electron chi connectivity index (χ2n) is 4.56. The number of methoxy groups -OCH3 is 1. The van der Waals surface area contributed by atoms with E-state index < -0.39 is 5.97 Å². The predicted octanol–water partition coefficient (Wildman–Crippen LogP) is 3.69. The van der Waals surface area contributed by atoms with E-state index in [2.05, 4.69) is 0 Å². The third-order valence-electron chi connectivity index (χ3n) is 3.52. The van der Waals surface area contributed by atoms with Crippen molar-refractivity contribution in [2.45, 2.75) is 0 Å². The molecule has 4 nitrogen and oxygen atoms in total. The van der Waals surface area contributed by atoms with Crippen molar-refractivity contribution in [3.05, 3.63) is 40.9 Å². The van der Waals surface area contributed by atoms with Gasteiger partial charge in [-0.2, -0.15) is 0 Å². The maximum absolute atomic E-state index is 11.5. The molecule has 1 N–H and O–H groups in total. The van der Waals surface area contributed by atoms with Crippen LogP contribution in [0.2, 0.25) is 5.02 Å². The molecule has 20 heavy (non-hydrogen) atoms. The van der Waals surface area contributed by atoms with Crippen LogP contribution in [0.15, 0.2) is 30.3 Å². The summed E-state index contributed by atoms with van der Waals surface area (Å²) in [5.74, 6) is -0.329. The first-order valence-electron chi connectivity index (χ1n) is 6.02. The zero-order valence-corrected chi connectivity index (χ0v) is 11.7. The Morgan fingerprint density at radius 3 is 2.70 bits per heavy atom. The van der Waals surface area contributed by atoms with Crippen molar-refractivity contribution in [2.75, 3.05) is 7.11 Å². The number of nitrogens with zero attached hydrogens (tertiary/aromatic N) is 1. The van der Waals surface area contributed by atoms with Crippen molar-refractivity contribution in [2.24, 2.45) is 7.05 Å². The highest BCUT2D eigenvalue weighted by Crippen LogP contribution is 2.37. The number of benzene rings is 2. The Labute approximate surface area is 120 Å². The standard InChI is InChI=1S/C15H12ClNO3/c1-17-11-5-3-8(16)7-10(11)13-9(15(18)19)4-6-12(20-2)14(13)17/h3-7H,1-2H3,(H,18,19). The topological polar surface area (TPSA) is 51.5 Å². The van der Waals surface area contributed by atoms with E-state index in [0.29, 0.717) is 16.2 Å². The Morgan fingerprint density at radius 2 is 2.05 bits per heavy atom. The number of carbonyl (C=O) groups is 1. The lowest BCUT2D eigenvalue weighted by molar-refractivity contribution is 0.0699. The molecule has 0 aliphatic heterocycles. The highest BCUT2D eigenvalue weighted by Gasteiger charge is 2.19. The lowest BCUT2D eigenvalue weighted by Crippen LogP contribution is -1.99. The van der Waals surface area contributed by atoms with E-state index in [9.17, 15) is 9.90 Å². The average Bonchev–Trinajstić information content (AvgIpc) is 2.71. The van der Waals surface area contributed by atoms with Gasteiger partial charge in [0.1, 0.15) is 5.75 Å². The van der Waals surface area contributed by atoms with Crippen LogP contribution in [0.5, 0.6) is 5.75 Å². The first-order valence-corrected chi connectivity index (χ1v) is 6.40. The molecule has 0 unspecified atom stereocenters. The van der Waals surface area contributed by atoms with Gasteiger partial charge < -0.3 is 14.4 Å². The normalized spacial score (nSPS) is 11.2. The molecule has 0 atom stereocenters. The number of ether oxygens (including phenoxy) is 1. The summed E-state index contributed by atoms with van der Waals surface area (Å²) in [4.78, 5) is 11.5. The number of hydrogen-bond acceptors (Lipinski definition) is 2. The van der Waals surface area contributed by atoms with Gasteiger partial charge in [0.15, 0.2) is 0 Å². The number of rotatable bonds is 2. The van der Waals surface area contributed by atoms with Crippen molar-refractivity contribution in [1.82, 2.24) is 4.57 Å². The van der Waals surface area contributed by atoms with Crippen LogP contribution in [0.4, 0.5) is 0 Å². The molecule has 2 aromatic carbocycles. The lowest BCUT2D eigenvalue weighted by Gasteiger charge is -2.06. The molecule has 0 saturated heterocycles. The van der Waals surface area contributed by atoms with Gasteiger partial charge in [0.25, 0.3) is 0 Å². The zero-order chi connectivity index (χ0) is 14.4. The Bertz CT molecular complexity index is 851. The molecular weight excluding hydrogens is 278 g/mol. The van der Waals surface area contributed by atoms with E-state index in [4.69, 9.17) is 16.3 Å². The molecule has 0 saturated carbocycles. The molecular formula is C15H12ClNO3. The van der Waals surface area contributed by atoms with Crippen LogP contribution in [0.25, 0.3) is 21.8 Å². The minimum atomic E-state index is -0.967.